The van der Waals surface area contributed by atoms with Gasteiger partial charge in [-0.2, -0.15) is 0 Å². The van der Waals surface area contributed by atoms with E-state index >= 15 is 0 Å². The van der Waals surface area contributed by atoms with Crippen molar-refractivity contribution in [3.8, 4) is 5.75 Å². The van der Waals surface area contributed by atoms with E-state index in [1.54, 1.807) is 0 Å². The summed E-state index contributed by atoms with van der Waals surface area (Å²) in [7, 11) is 0. The van der Waals surface area contributed by atoms with Crippen LogP contribution in [0.15, 0.2) is 47.4 Å². The molecule has 1 N–H and O–H groups in total. The highest BCUT2D eigenvalue weighted by Crippen LogP contribution is 2.40. The van der Waals surface area contributed by atoms with Crippen LogP contribution >= 0.6 is 23.4 Å². The van der Waals surface area contributed by atoms with Gasteiger partial charge >= 0.3 is 0 Å². The van der Waals surface area contributed by atoms with E-state index in [4.69, 9.17) is 16.3 Å². The molecule has 2 nitrogen and oxygen atoms in total. The van der Waals surface area contributed by atoms with E-state index in [2.05, 4.69) is 23.5 Å². The number of hydrogen-bond acceptors (Lipinski definition) is 3. The lowest BCUT2D eigenvalue weighted by Crippen LogP contribution is -2.16. The molecule has 4 heteroatoms. The molecule has 0 saturated carbocycles. The number of anilines is 1. The largest absolute Gasteiger partial charge is 0.492 e. The minimum absolute atomic E-state index is 0.279. The predicted octanol–water partition coefficient (Wildman–Crippen LogP) is 5.39. The molecular formula is C17H18ClNOS. The van der Waals surface area contributed by atoms with E-state index in [9.17, 15) is 0 Å². The molecule has 1 unspecified atom stereocenters. The van der Waals surface area contributed by atoms with Crippen LogP contribution in [-0.4, -0.2) is 12.4 Å². The van der Waals surface area contributed by atoms with E-state index < -0.39 is 0 Å². The topological polar surface area (TPSA) is 21.3 Å². The van der Waals surface area contributed by atoms with Crippen molar-refractivity contribution < 1.29 is 4.74 Å². The second-order valence-electron chi connectivity index (χ2n) is 4.95. The zero-order valence-corrected chi connectivity index (χ0v) is 13.5. The summed E-state index contributed by atoms with van der Waals surface area (Å²) < 4.78 is 5.70. The Morgan fingerprint density at radius 3 is 3.00 bits per heavy atom. The lowest BCUT2D eigenvalue weighted by atomic mass is 10.0. The highest BCUT2D eigenvalue weighted by molar-refractivity contribution is 7.99. The van der Waals surface area contributed by atoms with Crippen molar-refractivity contribution >= 4 is 29.1 Å². The predicted molar refractivity (Wildman–Crippen MR) is 90.8 cm³/mol. The minimum atomic E-state index is 0.279. The van der Waals surface area contributed by atoms with Crippen molar-refractivity contribution in [1.82, 2.24) is 0 Å². The molecule has 110 valence electrons. The molecule has 2 aromatic rings. The van der Waals surface area contributed by atoms with Gasteiger partial charge in [-0.3, -0.25) is 0 Å². The Balaban J connectivity index is 1.88. The van der Waals surface area contributed by atoms with E-state index in [0.29, 0.717) is 6.61 Å². The van der Waals surface area contributed by atoms with Crippen molar-refractivity contribution in [3.05, 3.63) is 53.1 Å². The SMILES string of the molecule is CCOc1ccccc1NC1CCSc2ccc(Cl)cc21. The number of hydrogen-bond donors (Lipinski definition) is 1. The van der Waals surface area contributed by atoms with Crippen LogP contribution in [0.3, 0.4) is 0 Å². The fourth-order valence-corrected chi connectivity index (χ4v) is 3.86. The second kappa shape index (κ2) is 6.63. The molecule has 0 fully saturated rings. The van der Waals surface area contributed by atoms with Gasteiger partial charge in [0.15, 0.2) is 0 Å². The molecule has 0 radical (unpaired) electrons. The average molecular weight is 320 g/mol. The maximum Gasteiger partial charge on any atom is 0.142 e. The molecule has 1 heterocycles. The number of nitrogens with one attached hydrogen (secondary N) is 1. The molecule has 0 spiro atoms. The Morgan fingerprint density at radius 2 is 2.14 bits per heavy atom. The third-order valence-corrected chi connectivity index (χ3v) is 4.89. The first-order valence-corrected chi connectivity index (χ1v) is 8.55. The van der Waals surface area contributed by atoms with Gasteiger partial charge in [0.25, 0.3) is 0 Å². The highest BCUT2D eigenvalue weighted by atomic mass is 35.5. The average Bonchev–Trinajstić information content (AvgIpc) is 2.50. The molecule has 1 aliphatic heterocycles. The summed E-state index contributed by atoms with van der Waals surface area (Å²) in [4.78, 5) is 1.32. The Bertz CT molecular complexity index is 632. The minimum Gasteiger partial charge on any atom is -0.492 e. The van der Waals surface area contributed by atoms with Crippen LogP contribution < -0.4 is 10.1 Å². The van der Waals surface area contributed by atoms with Crippen molar-refractivity contribution in [3.63, 3.8) is 0 Å². The van der Waals surface area contributed by atoms with E-state index in [0.717, 1.165) is 28.6 Å². The normalized spacial score (nSPS) is 17.1. The number of rotatable bonds is 4. The van der Waals surface area contributed by atoms with Crippen LogP contribution in [-0.2, 0) is 0 Å². The Kier molecular flexibility index (Phi) is 4.61. The van der Waals surface area contributed by atoms with Crippen LogP contribution in [0.1, 0.15) is 24.9 Å². The van der Waals surface area contributed by atoms with Crippen LogP contribution in [0.2, 0.25) is 5.02 Å². The number of para-hydroxylation sites is 2. The summed E-state index contributed by atoms with van der Waals surface area (Å²) >= 11 is 8.06. The summed E-state index contributed by atoms with van der Waals surface area (Å²) in [5, 5.41) is 4.41. The first-order valence-electron chi connectivity index (χ1n) is 7.18. The zero-order valence-electron chi connectivity index (χ0n) is 11.9. The Labute approximate surface area is 134 Å². The summed E-state index contributed by atoms with van der Waals surface area (Å²) in [6, 6.07) is 14.5. The molecule has 0 aliphatic carbocycles. The Hall–Kier alpha value is -1.32. The third-order valence-electron chi connectivity index (χ3n) is 3.53. The molecular weight excluding hydrogens is 302 g/mol. The monoisotopic (exact) mass is 319 g/mol. The van der Waals surface area contributed by atoms with Gasteiger partial charge in [0.1, 0.15) is 5.75 Å². The molecule has 0 aromatic heterocycles. The quantitative estimate of drug-likeness (QED) is 0.816. The van der Waals surface area contributed by atoms with Gasteiger partial charge in [-0.05, 0) is 49.2 Å². The lowest BCUT2D eigenvalue weighted by molar-refractivity contribution is 0.341. The van der Waals surface area contributed by atoms with Crippen LogP contribution in [0.5, 0.6) is 5.75 Å². The molecule has 0 bridgehead atoms. The van der Waals surface area contributed by atoms with Gasteiger partial charge in [0.2, 0.25) is 0 Å². The summed E-state index contributed by atoms with van der Waals surface area (Å²) in [6.07, 6.45) is 1.08. The van der Waals surface area contributed by atoms with Crippen LogP contribution in [0, 0.1) is 0 Å². The van der Waals surface area contributed by atoms with Gasteiger partial charge in [-0.1, -0.05) is 23.7 Å². The first kappa shape index (κ1) is 14.6. The van der Waals surface area contributed by atoms with Gasteiger partial charge in [-0.25, -0.2) is 0 Å². The molecule has 3 rings (SSSR count). The molecule has 0 amide bonds. The smallest absolute Gasteiger partial charge is 0.142 e. The van der Waals surface area contributed by atoms with E-state index in [1.165, 1.54) is 10.5 Å². The fourth-order valence-electron chi connectivity index (χ4n) is 2.57. The number of halogens is 1. The van der Waals surface area contributed by atoms with Crippen LogP contribution in [0.4, 0.5) is 5.69 Å². The van der Waals surface area contributed by atoms with Crippen molar-refractivity contribution in [2.45, 2.75) is 24.3 Å². The maximum absolute atomic E-state index is 6.16. The summed E-state index contributed by atoms with van der Waals surface area (Å²) in [5.41, 5.74) is 2.33. The van der Waals surface area contributed by atoms with E-state index in [-0.39, 0.29) is 6.04 Å². The van der Waals surface area contributed by atoms with Crippen LogP contribution in [0.25, 0.3) is 0 Å². The van der Waals surface area contributed by atoms with Crippen molar-refractivity contribution in [1.29, 1.82) is 0 Å². The van der Waals surface area contributed by atoms with Gasteiger partial charge in [-0.15, -0.1) is 11.8 Å². The third kappa shape index (κ3) is 3.30. The molecule has 2 aromatic carbocycles. The first-order chi connectivity index (χ1) is 10.3. The highest BCUT2D eigenvalue weighted by Gasteiger charge is 2.21. The Morgan fingerprint density at radius 1 is 1.29 bits per heavy atom. The fraction of sp³-hybridized carbons (Fsp3) is 0.294. The molecule has 21 heavy (non-hydrogen) atoms. The standard InChI is InChI=1S/C17H18ClNOS/c1-2-20-16-6-4-3-5-15(16)19-14-9-10-21-17-8-7-12(18)11-13(14)17/h3-8,11,14,19H,2,9-10H2,1H3. The number of ether oxygens (including phenoxy) is 1. The molecule has 1 aliphatic rings. The zero-order chi connectivity index (χ0) is 14.7. The lowest BCUT2D eigenvalue weighted by Gasteiger charge is -2.27. The van der Waals surface area contributed by atoms with Gasteiger partial charge < -0.3 is 10.1 Å². The number of thioether (sulfide) groups is 1. The molecule has 1 atom stereocenters. The summed E-state index contributed by atoms with van der Waals surface area (Å²) in [5.74, 6) is 2.02. The maximum atomic E-state index is 6.16. The van der Waals surface area contributed by atoms with Gasteiger partial charge in [0.05, 0.1) is 18.3 Å². The van der Waals surface area contributed by atoms with Gasteiger partial charge in [0, 0.05) is 15.7 Å². The van der Waals surface area contributed by atoms with Crippen molar-refractivity contribution in [2.75, 3.05) is 17.7 Å². The van der Waals surface area contributed by atoms with E-state index in [1.807, 2.05) is 43.0 Å². The van der Waals surface area contributed by atoms with Crippen molar-refractivity contribution in [2.24, 2.45) is 0 Å². The number of benzene rings is 2. The second-order valence-corrected chi connectivity index (χ2v) is 6.52. The number of fused-ring (bicyclic) bond motifs is 1. The molecule has 0 saturated heterocycles. The summed E-state index contributed by atoms with van der Waals surface area (Å²) in [6.45, 7) is 2.67.